The predicted molar refractivity (Wildman–Crippen MR) is 49.4 cm³/mol. The number of benzene rings is 1. The monoisotopic (exact) mass is 183 g/mol. The van der Waals surface area contributed by atoms with Gasteiger partial charge < -0.3 is 11.5 Å². The van der Waals surface area contributed by atoms with Crippen LogP contribution in [-0.2, 0) is 0 Å². The molecule has 0 saturated heterocycles. The van der Waals surface area contributed by atoms with Crippen LogP contribution in [0.1, 0.15) is 0 Å². The van der Waals surface area contributed by atoms with Gasteiger partial charge in [-0.15, -0.1) is 0 Å². The summed E-state index contributed by atoms with van der Waals surface area (Å²) in [6.07, 6.45) is 0. The van der Waals surface area contributed by atoms with Crippen LogP contribution in [0.25, 0.3) is 0 Å². The van der Waals surface area contributed by atoms with Crippen molar-refractivity contribution in [1.82, 2.24) is 4.72 Å². The number of hydrogen-bond donors (Lipinski definition) is 3. The maximum Gasteiger partial charge on any atom is 0.322 e. The quantitative estimate of drug-likeness (QED) is 0.471. The smallest absolute Gasteiger partial charge is 0.322 e. The molecule has 0 aliphatic heterocycles. The second-order valence-electron chi connectivity index (χ2n) is 2.14. The molecule has 64 valence electrons. The van der Waals surface area contributed by atoms with Gasteiger partial charge in [0.25, 0.3) is 0 Å². The molecular weight excluding hydrogens is 174 g/mol. The maximum atomic E-state index is 10.3. The summed E-state index contributed by atoms with van der Waals surface area (Å²) >= 11 is 1.16. The van der Waals surface area contributed by atoms with E-state index in [1.165, 1.54) is 0 Å². The highest BCUT2D eigenvalue weighted by Gasteiger charge is 1.94. The molecule has 0 bridgehead atoms. The first kappa shape index (κ1) is 8.73. The van der Waals surface area contributed by atoms with E-state index in [1.54, 1.807) is 24.3 Å². The average Bonchev–Trinajstić information content (AvgIpc) is 2.03. The summed E-state index contributed by atoms with van der Waals surface area (Å²) in [6.45, 7) is 0. The number of carbonyl (C=O) groups excluding carboxylic acids is 1. The van der Waals surface area contributed by atoms with Gasteiger partial charge in [0.1, 0.15) is 0 Å². The Balaban J connectivity index is 2.53. The van der Waals surface area contributed by atoms with Gasteiger partial charge in [0, 0.05) is 10.6 Å². The van der Waals surface area contributed by atoms with E-state index in [4.69, 9.17) is 11.5 Å². The van der Waals surface area contributed by atoms with E-state index in [-0.39, 0.29) is 0 Å². The summed E-state index contributed by atoms with van der Waals surface area (Å²) < 4.78 is 2.40. The fourth-order valence-electron chi connectivity index (χ4n) is 0.645. The predicted octanol–water partition coefficient (Wildman–Crippen LogP) is 0.944. The molecule has 0 heterocycles. The van der Waals surface area contributed by atoms with Crippen LogP contribution in [0, 0.1) is 0 Å². The summed E-state index contributed by atoms with van der Waals surface area (Å²) in [5.41, 5.74) is 11.0. The molecule has 0 fully saturated rings. The topological polar surface area (TPSA) is 81.1 Å². The van der Waals surface area contributed by atoms with Gasteiger partial charge in [0.15, 0.2) is 0 Å². The summed E-state index contributed by atoms with van der Waals surface area (Å²) in [7, 11) is 0. The first-order valence-corrected chi connectivity index (χ1v) is 4.08. The molecule has 5 N–H and O–H groups in total. The number of hydrogen-bond acceptors (Lipinski definition) is 3. The van der Waals surface area contributed by atoms with Crippen molar-refractivity contribution in [2.24, 2.45) is 5.73 Å². The van der Waals surface area contributed by atoms with E-state index >= 15 is 0 Å². The van der Waals surface area contributed by atoms with E-state index < -0.39 is 6.03 Å². The van der Waals surface area contributed by atoms with Crippen molar-refractivity contribution in [2.45, 2.75) is 4.90 Å². The lowest BCUT2D eigenvalue weighted by atomic mass is 10.3. The molecule has 4 nitrogen and oxygen atoms in total. The highest BCUT2D eigenvalue weighted by molar-refractivity contribution is 7.98. The van der Waals surface area contributed by atoms with Crippen LogP contribution in [0.3, 0.4) is 0 Å². The standard InChI is InChI=1S/C7H9N3OS/c8-5-1-3-6(4-2-5)12-10-7(9)11/h1-4H,8H2,(H3,9,10,11). The van der Waals surface area contributed by atoms with Crippen LogP contribution in [0.5, 0.6) is 0 Å². The van der Waals surface area contributed by atoms with Crippen molar-refractivity contribution in [3.8, 4) is 0 Å². The third kappa shape index (κ3) is 2.71. The Hall–Kier alpha value is -1.36. The molecule has 5 heteroatoms. The number of nitrogens with two attached hydrogens (primary N) is 2. The van der Waals surface area contributed by atoms with Crippen LogP contribution in [0.4, 0.5) is 10.5 Å². The number of rotatable bonds is 2. The number of nitrogen functional groups attached to an aromatic ring is 1. The minimum atomic E-state index is -0.558. The zero-order valence-corrected chi connectivity index (χ0v) is 7.10. The lowest BCUT2D eigenvalue weighted by Gasteiger charge is -2.00. The molecule has 2 amide bonds. The first-order valence-electron chi connectivity index (χ1n) is 3.26. The van der Waals surface area contributed by atoms with E-state index in [0.29, 0.717) is 5.69 Å². The lowest BCUT2D eigenvalue weighted by Crippen LogP contribution is -2.22. The van der Waals surface area contributed by atoms with E-state index in [9.17, 15) is 4.79 Å². The van der Waals surface area contributed by atoms with Crippen molar-refractivity contribution >= 4 is 23.7 Å². The van der Waals surface area contributed by atoms with Crippen LogP contribution < -0.4 is 16.2 Å². The number of anilines is 1. The Morgan fingerprint density at radius 2 is 1.92 bits per heavy atom. The molecule has 1 aromatic rings. The molecule has 0 aliphatic carbocycles. The number of amides is 2. The first-order chi connectivity index (χ1) is 5.68. The van der Waals surface area contributed by atoms with Crippen molar-refractivity contribution in [3.63, 3.8) is 0 Å². The van der Waals surface area contributed by atoms with Crippen LogP contribution in [0.15, 0.2) is 29.2 Å². The van der Waals surface area contributed by atoms with Crippen molar-refractivity contribution in [2.75, 3.05) is 5.73 Å². The van der Waals surface area contributed by atoms with Gasteiger partial charge in [0.2, 0.25) is 0 Å². The van der Waals surface area contributed by atoms with Crippen molar-refractivity contribution < 1.29 is 4.79 Å². The Labute approximate surface area is 74.4 Å². The van der Waals surface area contributed by atoms with Gasteiger partial charge in [-0.1, -0.05) is 0 Å². The van der Waals surface area contributed by atoms with Crippen LogP contribution >= 0.6 is 11.9 Å². The third-order valence-corrected chi connectivity index (χ3v) is 1.96. The van der Waals surface area contributed by atoms with E-state index in [0.717, 1.165) is 16.8 Å². The summed E-state index contributed by atoms with van der Waals surface area (Å²) in [4.78, 5) is 11.2. The average molecular weight is 183 g/mol. The molecule has 0 spiro atoms. The number of primary amides is 1. The number of urea groups is 1. The molecule has 0 atom stereocenters. The Kier molecular flexibility index (Phi) is 2.82. The van der Waals surface area contributed by atoms with Gasteiger partial charge in [-0.05, 0) is 36.2 Å². The summed E-state index contributed by atoms with van der Waals surface area (Å²) in [6, 6.07) is 6.55. The minimum absolute atomic E-state index is 0.558. The highest BCUT2D eigenvalue weighted by Crippen LogP contribution is 2.15. The molecule has 0 radical (unpaired) electrons. The zero-order valence-electron chi connectivity index (χ0n) is 6.28. The van der Waals surface area contributed by atoms with Crippen LogP contribution in [0.2, 0.25) is 0 Å². The number of nitrogens with one attached hydrogen (secondary N) is 1. The SMILES string of the molecule is NC(=O)NSc1ccc(N)cc1. The molecule has 0 saturated carbocycles. The van der Waals surface area contributed by atoms with Gasteiger partial charge in [-0.3, -0.25) is 4.72 Å². The van der Waals surface area contributed by atoms with Crippen molar-refractivity contribution in [3.05, 3.63) is 24.3 Å². The maximum absolute atomic E-state index is 10.3. The molecular formula is C7H9N3OS. The normalized spacial score (nSPS) is 9.33. The second kappa shape index (κ2) is 3.87. The largest absolute Gasteiger partial charge is 0.399 e. The van der Waals surface area contributed by atoms with E-state index in [1.807, 2.05) is 0 Å². The second-order valence-corrected chi connectivity index (χ2v) is 3.02. The Bertz CT molecular complexity index is 272. The van der Waals surface area contributed by atoms with Crippen molar-refractivity contribution in [1.29, 1.82) is 0 Å². The van der Waals surface area contributed by atoms with Gasteiger partial charge in [-0.2, -0.15) is 0 Å². The van der Waals surface area contributed by atoms with Crippen LogP contribution in [-0.4, -0.2) is 6.03 Å². The van der Waals surface area contributed by atoms with Gasteiger partial charge in [-0.25, -0.2) is 4.79 Å². The zero-order chi connectivity index (χ0) is 8.97. The molecule has 1 aromatic carbocycles. The lowest BCUT2D eigenvalue weighted by molar-refractivity contribution is 0.254. The Morgan fingerprint density at radius 1 is 1.33 bits per heavy atom. The molecule has 1 rings (SSSR count). The number of carbonyl (C=O) groups is 1. The third-order valence-electron chi connectivity index (χ3n) is 1.15. The fraction of sp³-hybridized carbons (Fsp3) is 0. The summed E-state index contributed by atoms with van der Waals surface area (Å²) in [5, 5.41) is 0. The minimum Gasteiger partial charge on any atom is -0.399 e. The molecule has 0 unspecified atom stereocenters. The summed E-state index contributed by atoms with van der Waals surface area (Å²) in [5.74, 6) is 0. The van der Waals surface area contributed by atoms with Gasteiger partial charge in [0.05, 0.1) is 0 Å². The molecule has 0 aliphatic rings. The van der Waals surface area contributed by atoms with E-state index in [2.05, 4.69) is 4.72 Å². The molecule has 0 aromatic heterocycles. The Morgan fingerprint density at radius 3 is 2.42 bits per heavy atom. The highest BCUT2D eigenvalue weighted by atomic mass is 32.2. The fourth-order valence-corrected chi connectivity index (χ4v) is 1.14. The van der Waals surface area contributed by atoms with Gasteiger partial charge >= 0.3 is 6.03 Å². The molecule has 12 heavy (non-hydrogen) atoms.